The van der Waals surface area contributed by atoms with E-state index < -0.39 is 10.8 Å². The van der Waals surface area contributed by atoms with Gasteiger partial charge in [0.05, 0.1) is 30.1 Å². The molecular formula is C35H46N6O2S. The summed E-state index contributed by atoms with van der Waals surface area (Å²) in [5, 5.41) is 4.39. The first kappa shape index (κ1) is 28.7. The standard InChI is InChI=1S/C35H46N6O2S/c1-3-24-13-15-34(16-14-24)22-28(34)41-29-30(38-33(41)40-19-20-43-23-27(40)21-25-9-6-5-7-10-25)36-32(44(42)4-2)37-31(29)39-35(17-18-35)26-11-8-12-26/h3,5-7,9-10,24,26-28H,1,4,8,11-23H2,2H3,(H,36,37,39)/t24?,27-,28?,34?,44?/m1/s1. The summed E-state index contributed by atoms with van der Waals surface area (Å²) in [5.41, 5.74) is 3.40. The van der Waals surface area contributed by atoms with Crippen LogP contribution in [0.15, 0.2) is 48.1 Å². The fourth-order valence-electron chi connectivity index (χ4n) is 8.41. The SMILES string of the molecule is C=CC1CCC2(CC1)CC2n1c(N2CCOC[C@H]2Cc2ccccc2)nc2nc(S(=O)CC)nc(NC3(C4CCC4)CC3)c21. The third-order valence-corrected chi connectivity index (χ3v) is 12.7. The van der Waals surface area contributed by atoms with E-state index in [-0.39, 0.29) is 17.0 Å². The molecule has 4 aliphatic carbocycles. The monoisotopic (exact) mass is 614 g/mol. The van der Waals surface area contributed by atoms with E-state index in [4.69, 9.17) is 19.7 Å². The Morgan fingerprint density at radius 3 is 2.57 bits per heavy atom. The number of nitrogens with one attached hydrogen (secondary N) is 1. The van der Waals surface area contributed by atoms with Crippen molar-refractivity contribution in [3.8, 4) is 0 Å². The molecule has 5 aliphatic rings. The van der Waals surface area contributed by atoms with Crippen LogP contribution in [0.4, 0.5) is 11.8 Å². The summed E-state index contributed by atoms with van der Waals surface area (Å²) in [5.74, 6) is 3.65. The maximum Gasteiger partial charge on any atom is 0.222 e. The highest BCUT2D eigenvalue weighted by atomic mass is 32.2. The van der Waals surface area contributed by atoms with Gasteiger partial charge in [-0.25, -0.2) is 4.98 Å². The first-order chi connectivity index (χ1) is 21.5. The summed E-state index contributed by atoms with van der Waals surface area (Å²) < 4.78 is 21.8. The Kier molecular flexibility index (Phi) is 7.32. The molecule has 0 radical (unpaired) electrons. The Labute approximate surface area is 263 Å². The smallest absolute Gasteiger partial charge is 0.222 e. The van der Waals surface area contributed by atoms with Gasteiger partial charge < -0.3 is 19.5 Å². The van der Waals surface area contributed by atoms with Gasteiger partial charge in [-0.05, 0) is 87.0 Å². The van der Waals surface area contributed by atoms with Gasteiger partial charge in [-0.3, -0.25) is 4.21 Å². The van der Waals surface area contributed by atoms with Crippen LogP contribution in [0.3, 0.4) is 0 Å². The normalized spacial score (nSPS) is 30.2. The maximum atomic E-state index is 13.2. The first-order valence-corrected chi connectivity index (χ1v) is 18.3. The molecule has 1 saturated heterocycles. The van der Waals surface area contributed by atoms with Gasteiger partial charge in [0.25, 0.3) is 0 Å². The first-order valence-electron chi connectivity index (χ1n) is 17.0. The van der Waals surface area contributed by atoms with E-state index in [1.165, 1.54) is 69.8 Å². The number of aromatic nitrogens is 4. The molecule has 9 heteroatoms. The summed E-state index contributed by atoms with van der Waals surface area (Å²) in [4.78, 5) is 17.9. The van der Waals surface area contributed by atoms with E-state index in [0.29, 0.717) is 47.6 Å². The highest BCUT2D eigenvalue weighted by molar-refractivity contribution is 7.84. The Bertz CT molecular complexity index is 1560. The Morgan fingerprint density at radius 2 is 1.89 bits per heavy atom. The molecule has 1 spiro atoms. The molecular weight excluding hydrogens is 568 g/mol. The highest BCUT2D eigenvalue weighted by Crippen LogP contribution is 2.66. The predicted octanol–water partition coefficient (Wildman–Crippen LogP) is 6.45. The molecule has 3 atom stereocenters. The van der Waals surface area contributed by atoms with Crippen molar-refractivity contribution in [2.45, 2.75) is 100 Å². The van der Waals surface area contributed by atoms with Gasteiger partial charge in [-0.1, -0.05) is 49.8 Å². The Morgan fingerprint density at radius 1 is 1.09 bits per heavy atom. The third-order valence-electron chi connectivity index (χ3n) is 11.6. The van der Waals surface area contributed by atoms with E-state index in [1.807, 2.05) is 6.92 Å². The van der Waals surface area contributed by atoms with Gasteiger partial charge >= 0.3 is 0 Å². The maximum absolute atomic E-state index is 13.2. The number of allylic oxidation sites excluding steroid dienone is 1. The van der Waals surface area contributed by atoms with Crippen molar-refractivity contribution in [2.24, 2.45) is 17.3 Å². The van der Waals surface area contributed by atoms with Crippen LogP contribution in [-0.2, 0) is 22.0 Å². The van der Waals surface area contributed by atoms with Crippen LogP contribution < -0.4 is 10.2 Å². The molecule has 8 rings (SSSR count). The van der Waals surface area contributed by atoms with Crippen LogP contribution in [-0.4, -0.2) is 60.8 Å². The summed E-state index contributed by atoms with van der Waals surface area (Å²) in [6.07, 6.45) is 15.3. The fourth-order valence-corrected chi connectivity index (χ4v) is 9.05. The van der Waals surface area contributed by atoms with Gasteiger partial charge in [0, 0.05) is 23.9 Å². The second-order valence-corrected chi connectivity index (χ2v) is 15.8. The number of rotatable bonds is 10. The quantitative estimate of drug-likeness (QED) is 0.207. The number of hydrogen-bond donors (Lipinski definition) is 1. The number of fused-ring (bicyclic) bond motifs is 1. The zero-order valence-corrected chi connectivity index (χ0v) is 26.9. The lowest BCUT2D eigenvalue weighted by molar-refractivity contribution is 0.0927. The molecule has 234 valence electrons. The minimum absolute atomic E-state index is 0.109. The van der Waals surface area contributed by atoms with Crippen molar-refractivity contribution in [3.63, 3.8) is 0 Å². The second-order valence-electron chi connectivity index (χ2n) is 14.1. The highest BCUT2D eigenvalue weighted by Gasteiger charge is 2.58. The van der Waals surface area contributed by atoms with Gasteiger partial charge in [0.15, 0.2) is 11.5 Å². The molecule has 3 heterocycles. The molecule has 2 aromatic heterocycles. The number of benzene rings is 1. The van der Waals surface area contributed by atoms with Crippen molar-refractivity contribution < 1.29 is 8.95 Å². The number of ether oxygens (including phenoxy) is 1. The largest absolute Gasteiger partial charge is 0.377 e. The molecule has 1 N–H and O–H groups in total. The van der Waals surface area contributed by atoms with Crippen molar-refractivity contribution in [2.75, 3.05) is 35.7 Å². The predicted molar refractivity (Wildman–Crippen MR) is 176 cm³/mol. The van der Waals surface area contributed by atoms with Gasteiger partial charge in [-0.2, -0.15) is 9.97 Å². The van der Waals surface area contributed by atoms with Crippen LogP contribution >= 0.6 is 0 Å². The van der Waals surface area contributed by atoms with Crippen LogP contribution in [0, 0.1) is 17.3 Å². The number of nitrogens with zero attached hydrogens (tertiary/aromatic N) is 5. The van der Waals surface area contributed by atoms with Crippen LogP contribution in [0.1, 0.15) is 82.7 Å². The van der Waals surface area contributed by atoms with E-state index in [0.717, 1.165) is 30.2 Å². The molecule has 1 aliphatic heterocycles. The lowest BCUT2D eigenvalue weighted by atomic mass is 9.78. The molecule has 44 heavy (non-hydrogen) atoms. The minimum atomic E-state index is -1.26. The Balaban J connectivity index is 1.26. The summed E-state index contributed by atoms with van der Waals surface area (Å²) >= 11 is 0. The molecule has 2 unspecified atom stereocenters. The molecule has 0 amide bonds. The van der Waals surface area contributed by atoms with Crippen molar-refractivity contribution in [3.05, 3.63) is 48.6 Å². The number of anilines is 2. The Hall–Kier alpha value is -2.78. The van der Waals surface area contributed by atoms with Gasteiger partial charge in [0.2, 0.25) is 11.1 Å². The summed E-state index contributed by atoms with van der Waals surface area (Å²) in [6.45, 7) is 8.17. The average Bonchev–Trinajstić information content (AvgIpc) is 3.91. The molecule has 4 saturated carbocycles. The average molecular weight is 615 g/mol. The fraction of sp³-hybridized carbons (Fsp3) is 0.629. The second kappa shape index (κ2) is 11.2. The molecule has 0 bridgehead atoms. The van der Waals surface area contributed by atoms with Crippen molar-refractivity contribution >= 4 is 33.7 Å². The van der Waals surface area contributed by atoms with Crippen LogP contribution in [0.25, 0.3) is 11.2 Å². The molecule has 8 nitrogen and oxygen atoms in total. The zero-order valence-electron chi connectivity index (χ0n) is 26.0. The van der Waals surface area contributed by atoms with E-state index in [1.54, 1.807) is 0 Å². The van der Waals surface area contributed by atoms with Gasteiger partial charge in [-0.15, -0.1) is 6.58 Å². The topological polar surface area (TPSA) is 85.2 Å². The van der Waals surface area contributed by atoms with E-state index >= 15 is 0 Å². The number of hydrogen-bond acceptors (Lipinski definition) is 7. The van der Waals surface area contributed by atoms with Crippen molar-refractivity contribution in [1.29, 1.82) is 0 Å². The lowest BCUT2D eigenvalue weighted by Gasteiger charge is -2.37. The van der Waals surface area contributed by atoms with Crippen LogP contribution in [0.5, 0.6) is 0 Å². The summed E-state index contributed by atoms with van der Waals surface area (Å²) in [7, 11) is -1.26. The molecule has 1 aromatic carbocycles. The summed E-state index contributed by atoms with van der Waals surface area (Å²) in [6, 6.07) is 11.3. The third kappa shape index (κ3) is 4.98. The van der Waals surface area contributed by atoms with Gasteiger partial charge in [0.1, 0.15) is 5.52 Å². The number of morpholine rings is 1. The molecule has 3 aromatic rings. The van der Waals surface area contributed by atoms with E-state index in [2.05, 4.69) is 57.8 Å². The van der Waals surface area contributed by atoms with Crippen LogP contribution in [0.2, 0.25) is 0 Å². The molecule has 5 fully saturated rings. The lowest BCUT2D eigenvalue weighted by Crippen LogP contribution is -2.48. The minimum Gasteiger partial charge on any atom is -0.377 e. The zero-order chi connectivity index (χ0) is 29.9. The van der Waals surface area contributed by atoms with Crippen molar-refractivity contribution in [1.82, 2.24) is 19.5 Å². The van der Waals surface area contributed by atoms with E-state index in [9.17, 15) is 4.21 Å². The number of imidazole rings is 1.